The Kier molecular flexibility index (Phi) is 5.55. The van der Waals surface area contributed by atoms with Gasteiger partial charge in [-0.3, -0.25) is 4.79 Å². The second-order valence-electron chi connectivity index (χ2n) is 5.08. The number of carbonyl (C=O) groups excluding carboxylic acids is 1. The van der Waals surface area contributed by atoms with E-state index in [0.29, 0.717) is 0 Å². The van der Waals surface area contributed by atoms with Gasteiger partial charge in [-0.15, -0.1) is 0 Å². The van der Waals surface area contributed by atoms with Gasteiger partial charge in [0.15, 0.2) is 15.6 Å². The normalized spacial score (nSPS) is 11.8. The minimum absolute atomic E-state index is 0.0886. The number of hydrogen-bond donors (Lipinski definition) is 1. The number of nitrogens with one attached hydrogen (secondary N) is 1. The summed E-state index contributed by atoms with van der Waals surface area (Å²) in [5.74, 6) is -0.483. The van der Waals surface area contributed by atoms with Crippen molar-refractivity contribution in [2.45, 2.75) is 16.7 Å². The smallest absolute Gasteiger partial charge is 0.340 e. The van der Waals surface area contributed by atoms with E-state index in [4.69, 9.17) is 4.18 Å². The predicted molar refractivity (Wildman–Crippen MR) is 95.8 cm³/mol. The summed E-state index contributed by atoms with van der Waals surface area (Å²) in [7, 11) is -7.94. The topological polar surface area (TPSA) is 107 Å². The van der Waals surface area contributed by atoms with Gasteiger partial charge < -0.3 is 9.50 Å². The number of rotatable bonds is 5. The minimum atomic E-state index is -4.35. The van der Waals surface area contributed by atoms with Crippen molar-refractivity contribution < 1.29 is 25.8 Å². The first-order chi connectivity index (χ1) is 11.5. The third-order valence-corrected chi connectivity index (χ3v) is 6.34. The summed E-state index contributed by atoms with van der Waals surface area (Å²) in [6, 6.07) is 9.60. The van der Waals surface area contributed by atoms with Crippen molar-refractivity contribution in [3.05, 3.63) is 46.9 Å². The largest absolute Gasteiger partial charge is 0.377 e. The Balaban J connectivity index is 2.50. The zero-order valence-corrected chi connectivity index (χ0v) is 16.4. The Morgan fingerprint density at radius 1 is 1.08 bits per heavy atom. The highest BCUT2D eigenvalue weighted by atomic mass is 79.9. The third-order valence-electron chi connectivity index (χ3n) is 3.00. The third kappa shape index (κ3) is 4.80. The molecule has 10 heteroatoms. The molecule has 0 aliphatic carbocycles. The monoisotopic (exact) mass is 447 g/mol. The summed E-state index contributed by atoms with van der Waals surface area (Å²) in [4.78, 5) is 10.7. The minimum Gasteiger partial charge on any atom is -0.377 e. The van der Waals surface area contributed by atoms with Crippen LogP contribution in [0.3, 0.4) is 0 Å². The lowest BCUT2D eigenvalue weighted by atomic mass is 10.3. The molecule has 1 N–H and O–H groups in total. The highest BCUT2D eigenvalue weighted by molar-refractivity contribution is 9.10. The standard InChI is InChI=1S/C15H14BrNO6S2/c1-10(18)17-13-5-3-4-6-14(13)23-25(21,22)15-9-11(24(2,19)20)7-8-12(15)16/h3-9H,1-2H3,(H,17,18). The Hall–Kier alpha value is -1.91. The number of para-hydroxylation sites is 2. The molecule has 0 spiro atoms. The fourth-order valence-electron chi connectivity index (χ4n) is 1.90. The van der Waals surface area contributed by atoms with Gasteiger partial charge in [-0.1, -0.05) is 12.1 Å². The van der Waals surface area contributed by atoms with Crippen molar-refractivity contribution in [2.24, 2.45) is 0 Å². The van der Waals surface area contributed by atoms with E-state index < -0.39 is 25.9 Å². The number of sulfone groups is 1. The number of hydrogen-bond acceptors (Lipinski definition) is 6. The van der Waals surface area contributed by atoms with Crippen LogP contribution in [0.5, 0.6) is 5.75 Å². The molecule has 0 saturated carbocycles. The van der Waals surface area contributed by atoms with Crippen LogP contribution in [-0.4, -0.2) is 29.0 Å². The van der Waals surface area contributed by atoms with Gasteiger partial charge in [0.05, 0.1) is 10.6 Å². The summed E-state index contributed by atoms with van der Waals surface area (Å²) >= 11 is 3.08. The first kappa shape index (κ1) is 19.4. The molecule has 0 unspecified atom stereocenters. The average molecular weight is 448 g/mol. The lowest BCUT2D eigenvalue weighted by Crippen LogP contribution is -2.14. The van der Waals surface area contributed by atoms with E-state index in [1.165, 1.54) is 37.3 Å². The van der Waals surface area contributed by atoms with Crippen LogP contribution in [0.4, 0.5) is 5.69 Å². The van der Waals surface area contributed by atoms with Crippen molar-refractivity contribution in [3.8, 4) is 5.75 Å². The number of benzene rings is 2. The van der Waals surface area contributed by atoms with Gasteiger partial charge in [0.1, 0.15) is 4.90 Å². The van der Waals surface area contributed by atoms with Gasteiger partial charge in [0, 0.05) is 17.7 Å². The van der Waals surface area contributed by atoms with Gasteiger partial charge >= 0.3 is 10.1 Å². The molecule has 0 aromatic heterocycles. The molecular weight excluding hydrogens is 434 g/mol. The molecule has 1 amide bonds. The van der Waals surface area contributed by atoms with E-state index in [0.717, 1.165) is 12.3 Å². The van der Waals surface area contributed by atoms with Crippen molar-refractivity contribution in [3.63, 3.8) is 0 Å². The lowest BCUT2D eigenvalue weighted by molar-refractivity contribution is -0.114. The lowest BCUT2D eigenvalue weighted by Gasteiger charge is -2.13. The highest BCUT2D eigenvalue weighted by Gasteiger charge is 2.24. The molecule has 25 heavy (non-hydrogen) atoms. The van der Waals surface area contributed by atoms with Crippen LogP contribution in [0.25, 0.3) is 0 Å². The van der Waals surface area contributed by atoms with Gasteiger partial charge in [-0.05, 0) is 46.3 Å². The Morgan fingerprint density at radius 3 is 2.32 bits per heavy atom. The quantitative estimate of drug-likeness (QED) is 0.705. The second-order valence-corrected chi connectivity index (χ2v) is 9.46. The molecule has 0 bridgehead atoms. The van der Waals surface area contributed by atoms with Gasteiger partial charge in [0.2, 0.25) is 5.91 Å². The number of carbonyl (C=O) groups is 1. The molecule has 7 nitrogen and oxygen atoms in total. The fraction of sp³-hybridized carbons (Fsp3) is 0.133. The summed E-state index contributed by atoms with van der Waals surface area (Å²) < 4.78 is 53.7. The zero-order chi connectivity index (χ0) is 18.8. The van der Waals surface area contributed by atoms with Gasteiger partial charge in [-0.2, -0.15) is 8.42 Å². The molecule has 0 radical (unpaired) electrons. The molecule has 2 aromatic carbocycles. The van der Waals surface area contributed by atoms with Crippen molar-refractivity contribution in [2.75, 3.05) is 11.6 Å². The average Bonchev–Trinajstić information content (AvgIpc) is 2.47. The molecule has 0 atom stereocenters. The van der Waals surface area contributed by atoms with E-state index in [1.54, 1.807) is 6.07 Å². The molecule has 0 aliphatic rings. The van der Waals surface area contributed by atoms with Crippen LogP contribution >= 0.6 is 15.9 Å². The maximum Gasteiger partial charge on any atom is 0.340 e. The van der Waals surface area contributed by atoms with E-state index in [9.17, 15) is 21.6 Å². The first-order valence-electron chi connectivity index (χ1n) is 6.81. The summed E-state index contributed by atoms with van der Waals surface area (Å²) in [6.07, 6.45) is 0.972. The Morgan fingerprint density at radius 2 is 1.72 bits per heavy atom. The van der Waals surface area contributed by atoms with E-state index >= 15 is 0 Å². The molecule has 0 fully saturated rings. The molecule has 0 saturated heterocycles. The second kappa shape index (κ2) is 7.14. The molecule has 134 valence electrons. The van der Waals surface area contributed by atoms with Crippen LogP contribution in [0.15, 0.2) is 56.7 Å². The molecule has 2 aromatic rings. The Bertz CT molecular complexity index is 1030. The number of anilines is 1. The van der Waals surface area contributed by atoms with E-state index in [2.05, 4.69) is 21.2 Å². The Labute approximate surface area is 154 Å². The van der Waals surface area contributed by atoms with E-state index in [1.807, 2.05) is 0 Å². The first-order valence-corrected chi connectivity index (χ1v) is 10.9. The van der Waals surface area contributed by atoms with Crippen molar-refractivity contribution >= 4 is 47.5 Å². The van der Waals surface area contributed by atoms with Crippen LogP contribution in [0.1, 0.15) is 6.92 Å². The summed E-state index contributed by atoms with van der Waals surface area (Å²) in [6.45, 7) is 1.28. The summed E-state index contributed by atoms with van der Waals surface area (Å²) in [5.41, 5.74) is 0.175. The fourth-order valence-corrected chi connectivity index (χ4v) is 4.51. The highest BCUT2D eigenvalue weighted by Crippen LogP contribution is 2.31. The maximum absolute atomic E-state index is 12.6. The van der Waals surface area contributed by atoms with Crippen molar-refractivity contribution in [1.82, 2.24) is 0 Å². The van der Waals surface area contributed by atoms with Crippen LogP contribution in [-0.2, 0) is 24.7 Å². The van der Waals surface area contributed by atoms with Crippen molar-refractivity contribution in [1.29, 1.82) is 0 Å². The van der Waals surface area contributed by atoms with E-state index in [-0.39, 0.29) is 25.7 Å². The predicted octanol–water partition coefficient (Wildman–Crippen LogP) is 2.58. The molecular formula is C15H14BrNO6S2. The SMILES string of the molecule is CC(=O)Nc1ccccc1OS(=O)(=O)c1cc(S(C)(=O)=O)ccc1Br. The molecule has 0 aliphatic heterocycles. The maximum atomic E-state index is 12.6. The molecule has 2 rings (SSSR count). The molecule has 0 heterocycles. The van der Waals surface area contributed by atoms with Crippen LogP contribution in [0, 0.1) is 0 Å². The van der Waals surface area contributed by atoms with Gasteiger partial charge in [-0.25, -0.2) is 8.42 Å². The zero-order valence-electron chi connectivity index (χ0n) is 13.2. The van der Waals surface area contributed by atoms with Crippen LogP contribution < -0.4 is 9.50 Å². The number of amides is 1. The number of halogens is 1. The van der Waals surface area contributed by atoms with Crippen LogP contribution in [0.2, 0.25) is 0 Å². The summed E-state index contributed by atoms with van der Waals surface area (Å²) in [5, 5.41) is 2.46. The van der Waals surface area contributed by atoms with Gasteiger partial charge in [0.25, 0.3) is 0 Å².